The van der Waals surface area contributed by atoms with E-state index in [1.54, 1.807) is 6.07 Å². The minimum absolute atomic E-state index is 0.0262. The van der Waals surface area contributed by atoms with E-state index in [0.717, 1.165) is 0 Å². The van der Waals surface area contributed by atoms with Crippen LogP contribution in [0.3, 0.4) is 0 Å². The third kappa shape index (κ3) is 4.15. The second-order valence-corrected chi connectivity index (χ2v) is 3.33. The van der Waals surface area contributed by atoms with Crippen LogP contribution < -0.4 is 4.74 Å². The number of carbonyl (C=O) groups is 1. The van der Waals surface area contributed by atoms with Gasteiger partial charge >= 0.3 is 5.97 Å². The SMILES string of the molecule is C#CCOc1ccc(CCC(=O)OC)cc1F. The van der Waals surface area contributed by atoms with Crippen molar-refractivity contribution in [3.63, 3.8) is 0 Å². The standard InChI is InChI=1S/C13H13FO3/c1-3-8-17-12-6-4-10(9-11(12)14)5-7-13(15)16-2/h1,4,6,9H,5,7-8H2,2H3. The van der Waals surface area contributed by atoms with E-state index >= 15 is 0 Å². The zero-order valence-corrected chi connectivity index (χ0v) is 9.53. The van der Waals surface area contributed by atoms with Crippen LogP contribution in [0, 0.1) is 18.2 Å². The highest BCUT2D eigenvalue weighted by Crippen LogP contribution is 2.19. The van der Waals surface area contributed by atoms with Gasteiger partial charge in [0.2, 0.25) is 0 Å². The van der Waals surface area contributed by atoms with Crippen LogP contribution in [0.25, 0.3) is 0 Å². The molecule has 0 saturated heterocycles. The lowest BCUT2D eigenvalue weighted by Crippen LogP contribution is -2.02. The van der Waals surface area contributed by atoms with Crippen molar-refractivity contribution in [2.45, 2.75) is 12.8 Å². The maximum atomic E-state index is 13.5. The molecule has 0 unspecified atom stereocenters. The number of terminal acetylenes is 1. The highest BCUT2D eigenvalue weighted by atomic mass is 19.1. The van der Waals surface area contributed by atoms with Crippen molar-refractivity contribution >= 4 is 5.97 Å². The number of carbonyl (C=O) groups excluding carboxylic acids is 1. The van der Waals surface area contributed by atoms with Crippen molar-refractivity contribution in [1.82, 2.24) is 0 Å². The van der Waals surface area contributed by atoms with E-state index < -0.39 is 5.82 Å². The van der Waals surface area contributed by atoms with Gasteiger partial charge in [-0.05, 0) is 24.1 Å². The Balaban J connectivity index is 2.62. The summed E-state index contributed by atoms with van der Waals surface area (Å²) in [6.07, 6.45) is 5.66. The normalized spacial score (nSPS) is 9.47. The number of hydrogen-bond donors (Lipinski definition) is 0. The molecule has 17 heavy (non-hydrogen) atoms. The molecule has 0 spiro atoms. The van der Waals surface area contributed by atoms with Crippen molar-refractivity contribution in [3.8, 4) is 18.1 Å². The number of aryl methyl sites for hydroxylation is 1. The van der Waals surface area contributed by atoms with Crippen LogP contribution in [-0.4, -0.2) is 19.7 Å². The zero-order valence-electron chi connectivity index (χ0n) is 9.53. The Morgan fingerprint density at radius 1 is 1.53 bits per heavy atom. The molecule has 0 aliphatic rings. The molecule has 0 aliphatic carbocycles. The number of benzene rings is 1. The van der Waals surface area contributed by atoms with Crippen LogP contribution in [0.2, 0.25) is 0 Å². The molecule has 0 saturated carbocycles. The molecule has 0 N–H and O–H groups in total. The molecule has 0 radical (unpaired) electrons. The summed E-state index contributed by atoms with van der Waals surface area (Å²) in [5.41, 5.74) is 0.709. The van der Waals surface area contributed by atoms with E-state index in [4.69, 9.17) is 11.2 Å². The maximum absolute atomic E-state index is 13.5. The van der Waals surface area contributed by atoms with Crippen molar-refractivity contribution in [3.05, 3.63) is 29.6 Å². The highest BCUT2D eigenvalue weighted by Gasteiger charge is 2.06. The van der Waals surface area contributed by atoms with Gasteiger partial charge in [0.1, 0.15) is 6.61 Å². The molecule has 0 aliphatic heterocycles. The summed E-state index contributed by atoms with van der Waals surface area (Å²) in [6, 6.07) is 4.52. The summed E-state index contributed by atoms with van der Waals surface area (Å²) in [7, 11) is 1.32. The van der Waals surface area contributed by atoms with Gasteiger partial charge < -0.3 is 9.47 Å². The molecule has 0 bridgehead atoms. The first kappa shape index (κ1) is 13.0. The second kappa shape index (κ2) is 6.54. The van der Waals surface area contributed by atoms with Crippen molar-refractivity contribution in [2.75, 3.05) is 13.7 Å². The van der Waals surface area contributed by atoms with Gasteiger partial charge in [-0.2, -0.15) is 0 Å². The monoisotopic (exact) mass is 236 g/mol. The van der Waals surface area contributed by atoms with Gasteiger partial charge in [0.05, 0.1) is 7.11 Å². The van der Waals surface area contributed by atoms with E-state index in [-0.39, 0.29) is 24.7 Å². The summed E-state index contributed by atoms with van der Waals surface area (Å²) in [6.45, 7) is 0.0262. The largest absolute Gasteiger partial charge is 0.478 e. The van der Waals surface area contributed by atoms with Gasteiger partial charge in [-0.25, -0.2) is 4.39 Å². The van der Waals surface area contributed by atoms with E-state index in [0.29, 0.717) is 12.0 Å². The molecule has 1 aromatic carbocycles. The summed E-state index contributed by atoms with van der Waals surface area (Å²) in [4.78, 5) is 10.9. The summed E-state index contributed by atoms with van der Waals surface area (Å²) < 4.78 is 23.0. The van der Waals surface area contributed by atoms with Crippen LogP contribution in [0.5, 0.6) is 5.75 Å². The van der Waals surface area contributed by atoms with E-state index in [1.807, 2.05) is 0 Å². The van der Waals surface area contributed by atoms with E-state index in [9.17, 15) is 9.18 Å². The predicted molar refractivity (Wildman–Crippen MR) is 61.1 cm³/mol. The van der Waals surface area contributed by atoms with Crippen molar-refractivity contribution in [1.29, 1.82) is 0 Å². The third-order valence-electron chi connectivity index (χ3n) is 2.15. The van der Waals surface area contributed by atoms with Gasteiger partial charge in [-0.1, -0.05) is 12.0 Å². The molecule has 90 valence electrons. The minimum atomic E-state index is -0.484. The van der Waals surface area contributed by atoms with Crippen LogP contribution in [-0.2, 0) is 16.0 Å². The van der Waals surface area contributed by atoms with Crippen LogP contribution in [0.15, 0.2) is 18.2 Å². The first-order valence-electron chi connectivity index (χ1n) is 5.09. The molecule has 3 nitrogen and oxygen atoms in total. The predicted octanol–water partition coefficient (Wildman–Crippen LogP) is 1.94. The van der Waals surface area contributed by atoms with Crippen LogP contribution >= 0.6 is 0 Å². The fourth-order valence-electron chi connectivity index (χ4n) is 1.28. The van der Waals surface area contributed by atoms with Crippen LogP contribution in [0.1, 0.15) is 12.0 Å². The first-order valence-corrected chi connectivity index (χ1v) is 5.09. The molecule has 0 atom stereocenters. The zero-order chi connectivity index (χ0) is 12.7. The maximum Gasteiger partial charge on any atom is 0.305 e. The van der Waals surface area contributed by atoms with Gasteiger partial charge in [0.25, 0.3) is 0 Å². The lowest BCUT2D eigenvalue weighted by Gasteiger charge is -2.06. The molecule has 0 heterocycles. The Morgan fingerprint density at radius 3 is 2.88 bits per heavy atom. The summed E-state index contributed by atoms with van der Waals surface area (Å²) >= 11 is 0. The molecule has 1 rings (SSSR count). The van der Waals surface area contributed by atoms with Crippen molar-refractivity contribution < 1.29 is 18.7 Å². The average molecular weight is 236 g/mol. The first-order chi connectivity index (χ1) is 8.17. The van der Waals surface area contributed by atoms with Crippen LogP contribution in [0.4, 0.5) is 4.39 Å². The third-order valence-corrected chi connectivity index (χ3v) is 2.15. The Bertz CT molecular complexity index is 435. The Labute approximate surface area is 99.5 Å². The molecule has 1 aromatic rings. The molecular weight excluding hydrogens is 223 g/mol. The van der Waals surface area contributed by atoms with E-state index in [1.165, 1.54) is 19.2 Å². The minimum Gasteiger partial charge on any atom is -0.478 e. The van der Waals surface area contributed by atoms with Gasteiger partial charge in [-0.3, -0.25) is 4.79 Å². The number of hydrogen-bond acceptors (Lipinski definition) is 3. The molecule has 0 fully saturated rings. The summed E-state index contributed by atoms with van der Waals surface area (Å²) in [5, 5.41) is 0. The fourth-order valence-corrected chi connectivity index (χ4v) is 1.28. The van der Waals surface area contributed by atoms with Gasteiger partial charge in [0, 0.05) is 6.42 Å². The molecular formula is C13H13FO3. The quantitative estimate of drug-likeness (QED) is 0.579. The lowest BCUT2D eigenvalue weighted by atomic mass is 10.1. The number of ether oxygens (including phenoxy) is 2. The van der Waals surface area contributed by atoms with Crippen molar-refractivity contribution in [2.24, 2.45) is 0 Å². The molecule has 0 aromatic heterocycles. The average Bonchev–Trinajstić information content (AvgIpc) is 2.34. The number of methoxy groups -OCH3 is 1. The van der Waals surface area contributed by atoms with E-state index in [2.05, 4.69) is 10.7 Å². The Hall–Kier alpha value is -2.02. The number of rotatable bonds is 5. The topological polar surface area (TPSA) is 35.5 Å². The van der Waals surface area contributed by atoms with Gasteiger partial charge in [-0.15, -0.1) is 6.42 Å². The number of esters is 1. The van der Waals surface area contributed by atoms with Gasteiger partial charge in [0.15, 0.2) is 11.6 Å². The lowest BCUT2D eigenvalue weighted by molar-refractivity contribution is -0.140. The fraction of sp³-hybridized carbons (Fsp3) is 0.308. The number of halogens is 1. The second-order valence-electron chi connectivity index (χ2n) is 3.33. The molecule has 0 amide bonds. The Morgan fingerprint density at radius 2 is 2.29 bits per heavy atom. The Kier molecular flexibility index (Phi) is 5.02. The smallest absolute Gasteiger partial charge is 0.305 e. The summed E-state index contributed by atoms with van der Waals surface area (Å²) in [5.74, 6) is 1.57. The highest BCUT2D eigenvalue weighted by molar-refractivity contribution is 5.69. The molecule has 4 heteroatoms.